The molecule has 0 amide bonds. The maximum atomic E-state index is 9.99. The van der Waals surface area contributed by atoms with Gasteiger partial charge in [-0.15, -0.1) is 0 Å². The molecule has 0 saturated heterocycles. The van der Waals surface area contributed by atoms with Crippen LogP contribution in [-0.2, 0) is 29.1 Å². The second-order valence-corrected chi connectivity index (χ2v) is 34.8. The van der Waals surface area contributed by atoms with Crippen LogP contribution in [0.2, 0.25) is 0 Å². The highest BCUT2D eigenvalue weighted by atomic mass is 15.2. The lowest BCUT2D eigenvalue weighted by Crippen LogP contribution is -2.61. The third-order valence-electron chi connectivity index (χ3n) is 21.7. The molecule has 105 heavy (non-hydrogen) atoms. The van der Waals surface area contributed by atoms with E-state index in [-0.39, 0.29) is 70.0 Å². The van der Waals surface area contributed by atoms with E-state index in [0.717, 1.165) is 158 Å². The Balaban J connectivity index is 1.07. The molecule has 5 heteroatoms. The topological polar surface area (TPSA) is 16.3 Å². The average Bonchev–Trinajstić information content (AvgIpc) is 1.25. The molecular formula is C100H95BN4. The van der Waals surface area contributed by atoms with Gasteiger partial charge >= 0.3 is 0 Å². The van der Waals surface area contributed by atoms with Crippen LogP contribution in [0.25, 0.3) is 99.5 Å². The number of fused-ring (bicyclic) bond motifs is 10. The quantitative estimate of drug-likeness (QED) is 0.127. The smallest absolute Gasteiger partial charge is 0.252 e. The van der Waals surface area contributed by atoms with Crippen molar-refractivity contribution >= 4 is 101 Å². The van der Waals surface area contributed by atoms with Gasteiger partial charge in [0.25, 0.3) is 6.71 Å². The lowest BCUT2D eigenvalue weighted by molar-refractivity contribution is 0.411. The summed E-state index contributed by atoms with van der Waals surface area (Å²) in [6.07, 6.45) is 1.58. The van der Waals surface area contributed by atoms with Gasteiger partial charge in [0.1, 0.15) is 0 Å². The molecule has 0 unspecified atom stereocenters. The fraction of sp³-hybridized carbons (Fsp3) is 0.220. The number of hydrogen-bond acceptors (Lipinski definition) is 2. The molecule has 2 aromatic heterocycles. The highest BCUT2D eigenvalue weighted by molar-refractivity contribution is 7.00. The van der Waals surface area contributed by atoms with Gasteiger partial charge in [0.15, 0.2) is 0 Å². The van der Waals surface area contributed by atoms with Crippen LogP contribution in [0, 0.1) is 10.8 Å². The van der Waals surface area contributed by atoms with Gasteiger partial charge in [0, 0.05) is 66.8 Å². The van der Waals surface area contributed by atoms with Crippen LogP contribution in [0.1, 0.15) is 143 Å². The molecule has 2 aliphatic rings. The summed E-state index contributed by atoms with van der Waals surface area (Å²) >= 11 is 0. The first kappa shape index (κ1) is 58.5. The molecule has 0 saturated carbocycles. The number of rotatable bonds is 10. The number of hydrogen-bond donors (Lipinski definition) is 0. The summed E-state index contributed by atoms with van der Waals surface area (Å²) < 4.78 is 80.9. The fourth-order valence-corrected chi connectivity index (χ4v) is 16.6. The van der Waals surface area contributed by atoms with E-state index in [1.807, 2.05) is 0 Å². The van der Waals surface area contributed by atoms with Crippen molar-refractivity contribution in [1.29, 1.82) is 0 Å². The monoisotopic (exact) mass is 1370 g/mol. The van der Waals surface area contributed by atoms with Crippen molar-refractivity contribution in [3.05, 3.63) is 307 Å². The molecule has 13 aromatic carbocycles. The predicted molar refractivity (Wildman–Crippen MR) is 453 cm³/mol. The summed E-state index contributed by atoms with van der Waals surface area (Å²) in [6.45, 7) is 33.3. The predicted octanol–water partition coefficient (Wildman–Crippen LogP) is 25.7. The van der Waals surface area contributed by atoms with Gasteiger partial charge in [-0.05, 0) is 215 Å². The molecule has 0 fully saturated rings. The van der Waals surface area contributed by atoms with Crippen LogP contribution in [0.3, 0.4) is 0 Å². The van der Waals surface area contributed by atoms with Crippen molar-refractivity contribution < 1.29 is 11.0 Å². The Morgan fingerprint density at radius 1 is 0.295 bits per heavy atom. The molecule has 0 radical (unpaired) electrons. The Labute approximate surface area is 633 Å². The molecule has 2 aliphatic heterocycles. The van der Waals surface area contributed by atoms with Gasteiger partial charge in [0.05, 0.1) is 44.4 Å². The van der Waals surface area contributed by atoms with Gasteiger partial charge in [-0.3, -0.25) is 0 Å². The number of aromatic nitrogens is 2. The SMILES string of the molecule is [2H]c1c([2H])c([2H])c2c(c1[2H])c1cc(C(C)(C)C)ccc1n2-c1ccc2c(c1)N(c1cc(-c3ccccc3)c(CC(C)(C)C)cc1-c1ccccc1)c1cc(C(C)(C)C)cc3c1B2c1ccc(-n2c4ccc(C(C)(C)C)cc4c4c([2H])c([2H])c([2H])c([2H])c42)cc1N3c1cc(-c2ccccc2)c(CC(C)(C)C)cc1-c1ccccc1. The first-order chi connectivity index (χ1) is 53.5. The van der Waals surface area contributed by atoms with Crippen molar-refractivity contribution in [2.45, 2.75) is 133 Å². The van der Waals surface area contributed by atoms with Crippen LogP contribution >= 0.6 is 0 Å². The minimum absolute atomic E-state index is 0.0864. The first-order valence-electron chi connectivity index (χ1n) is 41.3. The van der Waals surface area contributed by atoms with E-state index in [9.17, 15) is 11.0 Å². The molecule has 0 atom stereocenters. The molecule has 0 bridgehead atoms. The zero-order valence-corrected chi connectivity index (χ0v) is 63.2. The zero-order valence-electron chi connectivity index (χ0n) is 71.2. The van der Waals surface area contributed by atoms with Crippen molar-refractivity contribution in [3.63, 3.8) is 0 Å². The van der Waals surface area contributed by atoms with E-state index in [0.29, 0.717) is 21.8 Å². The highest BCUT2D eigenvalue weighted by Gasteiger charge is 2.46. The molecule has 0 aliphatic carbocycles. The van der Waals surface area contributed by atoms with Crippen molar-refractivity contribution in [2.75, 3.05) is 9.80 Å². The van der Waals surface area contributed by atoms with Crippen LogP contribution in [0.15, 0.2) is 279 Å². The lowest BCUT2D eigenvalue weighted by Gasteiger charge is -2.46. The van der Waals surface area contributed by atoms with E-state index in [1.54, 1.807) is 0 Å². The molecule has 0 N–H and O–H groups in total. The lowest BCUT2D eigenvalue weighted by atomic mass is 9.33. The molecular weight excluding hydrogens is 1270 g/mol. The van der Waals surface area contributed by atoms with Crippen molar-refractivity contribution in [2.24, 2.45) is 10.8 Å². The summed E-state index contributed by atoms with van der Waals surface area (Å²) in [5.41, 5.74) is 25.5. The van der Waals surface area contributed by atoms with Gasteiger partial charge < -0.3 is 18.9 Å². The summed E-state index contributed by atoms with van der Waals surface area (Å²) in [4.78, 5) is 5.07. The first-order valence-corrected chi connectivity index (χ1v) is 37.3. The second-order valence-electron chi connectivity index (χ2n) is 34.8. The molecule has 15 aromatic rings. The van der Waals surface area contributed by atoms with Gasteiger partial charge in [-0.2, -0.15) is 0 Å². The average molecular weight is 1370 g/mol. The molecule has 4 nitrogen and oxygen atoms in total. The maximum absolute atomic E-state index is 9.99. The normalized spacial score (nSPS) is 14.4. The highest BCUT2D eigenvalue weighted by Crippen LogP contribution is 2.54. The Kier molecular flexibility index (Phi) is 13.9. The fourth-order valence-electron chi connectivity index (χ4n) is 16.6. The standard InChI is InChI=1S/C100H95BN4/c1-96(2,3)62-68-52-79(66-36-24-18-25-37-66)89(60-77(68)64-32-20-16-21-33-64)104-91-58-73(102-85-42-30-28-40-75(85)81-54-70(98(7,8)9)44-50-87(81)102)46-48-83(91)101-84-49-47-74(103-86-43-31-29-41-76(86)82-55-71(99(10,11)12)45-51-88(82)103)59-92(84)105(94-57-72(100(13,14)15)56-93(104)95(94)101)90-61-78(65-34-22-17-23-35-65)69(63-97(4,5)6)53-80(90)67-38-26-19-27-39-67/h16-61H,62-63H2,1-15H3/i28D,29D,30D,31D,40D,41D,42D,43D. The number of benzene rings is 13. The van der Waals surface area contributed by atoms with Crippen LogP contribution in [0.5, 0.6) is 0 Å². The van der Waals surface area contributed by atoms with E-state index in [4.69, 9.17) is 0 Å². The number of anilines is 6. The molecule has 17 rings (SSSR count). The number of para-hydroxylation sites is 2. The second kappa shape index (κ2) is 24.9. The van der Waals surface area contributed by atoms with Gasteiger partial charge in [-0.25, -0.2) is 0 Å². The Bertz CT molecular complexity index is 6050. The molecule has 518 valence electrons. The largest absolute Gasteiger partial charge is 0.311 e. The van der Waals surface area contributed by atoms with Gasteiger partial charge in [0.2, 0.25) is 0 Å². The number of nitrogens with zero attached hydrogens (tertiary/aromatic N) is 4. The van der Waals surface area contributed by atoms with E-state index < -0.39 is 12.1 Å². The van der Waals surface area contributed by atoms with E-state index in [1.165, 1.54) is 11.1 Å². The third kappa shape index (κ3) is 11.9. The third-order valence-corrected chi connectivity index (χ3v) is 21.7. The maximum Gasteiger partial charge on any atom is 0.252 e. The summed E-state index contributed by atoms with van der Waals surface area (Å²) in [5.74, 6) is 0. The minimum Gasteiger partial charge on any atom is -0.311 e. The van der Waals surface area contributed by atoms with Crippen LogP contribution in [-0.4, -0.2) is 15.8 Å². The zero-order chi connectivity index (χ0) is 79.8. The van der Waals surface area contributed by atoms with Crippen LogP contribution in [0.4, 0.5) is 34.1 Å². The summed E-state index contributed by atoms with van der Waals surface area (Å²) in [7, 11) is 0. The van der Waals surface area contributed by atoms with E-state index in [2.05, 4.69) is 353 Å². The molecule has 4 heterocycles. The minimum atomic E-state index is -0.480. The Hall–Kier alpha value is -10.9. The van der Waals surface area contributed by atoms with Crippen molar-refractivity contribution in [3.8, 4) is 55.9 Å². The summed E-state index contributed by atoms with van der Waals surface area (Å²) in [5, 5.41) is 2.42. The van der Waals surface area contributed by atoms with E-state index >= 15 is 0 Å². The van der Waals surface area contributed by atoms with Crippen molar-refractivity contribution in [1.82, 2.24) is 9.13 Å². The Morgan fingerprint density at radius 3 is 1.00 bits per heavy atom. The molecule has 0 spiro atoms. The van der Waals surface area contributed by atoms with Crippen LogP contribution < -0.4 is 26.2 Å². The summed E-state index contributed by atoms with van der Waals surface area (Å²) in [6, 6.07) is 82.5. The van der Waals surface area contributed by atoms with Gasteiger partial charge in [-0.1, -0.05) is 286 Å². The Morgan fingerprint density at radius 2 is 0.648 bits per heavy atom.